The molecule has 2 aliphatic rings. The van der Waals surface area contributed by atoms with E-state index < -0.39 is 0 Å². The third-order valence-electron chi connectivity index (χ3n) is 3.11. The Bertz CT molecular complexity index is 264. The number of epoxide rings is 1. The zero-order chi connectivity index (χ0) is 10.7. The summed E-state index contributed by atoms with van der Waals surface area (Å²) in [6, 6.07) is 0. The second-order valence-corrected chi connectivity index (χ2v) is 4.47. The quantitative estimate of drug-likeness (QED) is 0.648. The number of allylic oxidation sites excluding steroid dienone is 4. The fraction of sp³-hybridized carbons (Fsp3) is 0.692. The van der Waals surface area contributed by atoms with Crippen molar-refractivity contribution in [2.45, 2.75) is 32.8 Å². The summed E-state index contributed by atoms with van der Waals surface area (Å²) in [7, 11) is 0. The maximum absolute atomic E-state index is 5.83. The second kappa shape index (κ2) is 4.84. The molecule has 84 valence electrons. The molecule has 2 rings (SSSR count). The lowest BCUT2D eigenvalue weighted by Gasteiger charge is -2.26. The van der Waals surface area contributed by atoms with Crippen LogP contribution >= 0.6 is 0 Å². The van der Waals surface area contributed by atoms with Gasteiger partial charge < -0.3 is 9.47 Å². The van der Waals surface area contributed by atoms with Crippen LogP contribution in [0.25, 0.3) is 0 Å². The summed E-state index contributed by atoms with van der Waals surface area (Å²) >= 11 is 0. The summed E-state index contributed by atoms with van der Waals surface area (Å²) < 4.78 is 11.0. The molecule has 1 fully saturated rings. The van der Waals surface area contributed by atoms with Gasteiger partial charge in [-0.3, -0.25) is 0 Å². The second-order valence-electron chi connectivity index (χ2n) is 4.47. The zero-order valence-corrected chi connectivity index (χ0v) is 9.61. The van der Waals surface area contributed by atoms with E-state index in [4.69, 9.17) is 9.47 Å². The molecule has 0 spiro atoms. The first-order valence-electron chi connectivity index (χ1n) is 5.94. The summed E-state index contributed by atoms with van der Waals surface area (Å²) in [5.41, 5.74) is 0. The van der Waals surface area contributed by atoms with Crippen LogP contribution in [0.5, 0.6) is 0 Å². The minimum Gasteiger partial charge on any atom is -0.495 e. The average molecular weight is 208 g/mol. The number of hydrogen-bond acceptors (Lipinski definition) is 2. The topological polar surface area (TPSA) is 21.8 Å². The Morgan fingerprint density at radius 2 is 2.33 bits per heavy atom. The molecule has 0 N–H and O–H groups in total. The van der Waals surface area contributed by atoms with Gasteiger partial charge in [0.2, 0.25) is 0 Å². The Labute approximate surface area is 92.0 Å². The predicted octanol–water partition coefficient (Wildman–Crippen LogP) is 2.91. The van der Waals surface area contributed by atoms with Gasteiger partial charge in [-0.1, -0.05) is 32.4 Å². The smallest absolute Gasteiger partial charge is 0.116 e. The summed E-state index contributed by atoms with van der Waals surface area (Å²) in [6.45, 7) is 6.09. The van der Waals surface area contributed by atoms with Gasteiger partial charge in [-0.25, -0.2) is 0 Å². The maximum atomic E-state index is 5.83. The Kier molecular flexibility index (Phi) is 3.47. The fourth-order valence-corrected chi connectivity index (χ4v) is 2.07. The molecule has 1 saturated heterocycles. The summed E-state index contributed by atoms with van der Waals surface area (Å²) in [5, 5.41) is 0. The van der Waals surface area contributed by atoms with Crippen molar-refractivity contribution in [2.24, 2.45) is 11.8 Å². The summed E-state index contributed by atoms with van der Waals surface area (Å²) in [5.74, 6) is 2.33. The molecule has 1 heterocycles. The van der Waals surface area contributed by atoms with Crippen LogP contribution < -0.4 is 0 Å². The molecule has 0 bridgehead atoms. The minimum absolute atomic E-state index is 0.356. The molecule has 2 unspecified atom stereocenters. The van der Waals surface area contributed by atoms with E-state index >= 15 is 0 Å². The van der Waals surface area contributed by atoms with Gasteiger partial charge in [0, 0.05) is 5.92 Å². The molecule has 15 heavy (non-hydrogen) atoms. The summed E-state index contributed by atoms with van der Waals surface area (Å²) in [6.07, 6.45) is 9.27. The Morgan fingerprint density at radius 1 is 1.53 bits per heavy atom. The van der Waals surface area contributed by atoms with Crippen molar-refractivity contribution in [3.63, 3.8) is 0 Å². The van der Waals surface area contributed by atoms with Crippen molar-refractivity contribution in [1.82, 2.24) is 0 Å². The molecule has 2 nitrogen and oxygen atoms in total. The number of ether oxygens (including phenoxy) is 2. The van der Waals surface area contributed by atoms with Crippen molar-refractivity contribution in [3.05, 3.63) is 24.0 Å². The minimum atomic E-state index is 0.356. The van der Waals surface area contributed by atoms with E-state index in [9.17, 15) is 0 Å². The lowest BCUT2D eigenvalue weighted by molar-refractivity contribution is 0.140. The monoisotopic (exact) mass is 208 g/mol. The first kappa shape index (κ1) is 10.7. The van der Waals surface area contributed by atoms with Gasteiger partial charge >= 0.3 is 0 Å². The molecule has 0 amide bonds. The first-order valence-corrected chi connectivity index (χ1v) is 5.94. The summed E-state index contributed by atoms with van der Waals surface area (Å²) in [4.78, 5) is 0. The highest BCUT2D eigenvalue weighted by Gasteiger charge is 2.27. The van der Waals surface area contributed by atoms with Crippen molar-refractivity contribution < 1.29 is 9.47 Å². The molecule has 3 atom stereocenters. The molecule has 0 radical (unpaired) electrons. The van der Waals surface area contributed by atoms with E-state index in [0.29, 0.717) is 17.9 Å². The van der Waals surface area contributed by atoms with Crippen molar-refractivity contribution >= 4 is 0 Å². The molecule has 0 aromatic heterocycles. The first-order chi connectivity index (χ1) is 7.31. The van der Waals surface area contributed by atoms with E-state index in [0.717, 1.165) is 19.0 Å². The van der Waals surface area contributed by atoms with Crippen molar-refractivity contribution in [1.29, 1.82) is 0 Å². The Balaban J connectivity index is 1.91. The van der Waals surface area contributed by atoms with Gasteiger partial charge in [0.1, 0.15) is 12.7 Å². The van der Waals surface area contributed by atoms with Crippen LogP contribution in [0.4, 0.5) is 0 Å². The van der Waals surface area contributed by atoms with Crippen LogP contribution in [0.2, 0.25) is 0 Å². The highest BCUT2D eigenvalue weighted by atomic mass is 16.6. The molecule has 0 saturated carbocycles. The van der Waals surface area contributed by atoms with Gasteiger partial charge in [0.25, 0.3) is 0 Å². The lowest BCUT2D eigenvalue weighted by Crippen LogP contribution is -2.18. The van der Waals surface area contributed by atoms with Gasteiger partial charge in [-0.05, 0) is 18.4 Å². The third-order valence-corrected chi connectivity index (χ3v) is 3.11. The van der Waals surface area contributed by atoms with Crippen molar-refractivity contribution in [3.8, 4) is 0 Å². The van der Waals surface area contributed by atoms with Crippen LogP contribution in [-0.2, 0) is 9.47 Å². The molecule has 0 aromatic carbocycles. The van der Waals surface area contributed by atoms with Crippen molar-refractivity contribution in [2.75, 3.05) is 13.2 Å². The number of hydrogen-bond donors (Lipinski definition) is 0. The van der Waals surface area contributed by atoms with Crippen LogP contribution in [0.1, 0.15) is 26.7 Å². The highest BCUT2D eigenvalue weighted by molar-refractivity contribution is 5.18. The van der Waals surface area contributed by atoms with Crippen LogP contribution in [0.3, 0.4) is 0 Å². The van der Waals surface area contributed by atoms with Crippen LogP contribution in [0.15, 0.2) is 24.0 Å². The molecule has 1 aliphatic carbocycles. The average Bonchev–Trinajstić information content (AvgIpc) is 3.03. The van der Waals surface area contributed by atoms with Gasteiger partial charge in [0.05, 0.1) is 12.4 Å². The number of rotatable bonds is 5. The third kappa shape index (κ3) is 2.85. The van der Waals surface area contributed by atoms with E-state index in [2.05, 4.69) is 32.1 Å². The lowest BCUT2D eigenvalue weighted by atomic mass is 9.85. The normalized spacial score (nSPS) is 33.7. The van der Waals surface area contributed by atoms with Gasteiger partial charge in [0.15, 0.2) is 0 Å². The van der Waals surface area contributed by atoms with Crippen LogP contribution in [-0.4, -0.2) is 19.3 Å². The SMILES string of the molecule is CCCC1C(OCC2CO2)=CC=C[C@H]1C. The predicted molar refractivity (Wildman–Crippen MR) is 60.5 cm³/mol. The van der Waals surface area contributed by atoms with E-state index in [-0.39, 0.29) is 0 Å². The Hall–Kier alpha value is -0.760. The zero-order valence-electron chi connectivity index (χ0n) is 9.61. The fourth-order valence-electron chi connectivity index (χ4n) is 2.07. The largest absolute Gasteiger partial charge is 0.495 e. The Morgan fingerprint density at radius 3 is 3.00 bits per heavy atom. The van der Waals surface area contributed by atoms with E-state index in [1.54, 1.807) is 0 Å². The van der Waals surface area contributed by atoms with Gasteiger partial charge in [-0.2, -0.15) is 0 Å². The molecule has 2 heteroatoms. The van der Waals surface area contributed by atoms with E-state index in [1.807, 2.05) is 0 Å². The van der Waals surface area contributed by atoms with Crippen LogP contribution in [0, 0.1) is 11.8 Å². The van der Waals surface area contributed by atoms with Gasteiger partial charge in [-0.15, -0.1) is 0 Å². The van der Waals surface area contributed by atoms with E-state index in [1.165, 1.54) is 12.8 Å². The molecular formula is C13H20O2. The molecule has 1 aliphatic heterocycles. The molecule has 0 aromatic rings. The molecular weight excluding hydrogens is 188 g/mol. The standard InChI is InChI=1S/C13H20O2/c1-3-5-12-10(2)6-4-7-13(12)15-9-11-8-14-11/h4,6-7,10-12H,3,5,8-9H2,1-2H3/t10-,11?,12?/m1/s1. The maximum Gasteiger partial charge on any atom is 0.116 e. The highest BCUT2D eigenvalue weighted by Crippen LogP contribution is 2.31.